The van der Waals surface area contributed by atoms with Crippen molar-refractivity contribution in [2.75, 3.05) is 5.32 Å². The molecule has 0 aromatic carbocycles. The van der Waals surface area contributed by atoms with Gasteiger partial charge >= 0.3 is 0 Å². The molecule has 6 nitrogen and oxygen atoms in total. The lowest BCUT2D eigenvalue weighted by Crippen LogP contribution is -2.18. The molecule has 20 heavy (non-hydrogen) atoms. The van der Waals surface area contributed by atoms with Crippen molar-refractivity contribution in [2.24, 2.45) is 5.73 Å². The topological polar surface area (TPSA) is 102 Å². The highest BCUT2D eigenvalue weighted by molar-refractivity contribution is 6.12. The molecule has 1 aromatic rings. The van der Waals surface area contributed by atoms with E-state index in [0.717, 1.165) is 0 Å². The number of allylic oxidation sites excluding steroid dienone is 3. The van der Waals surface area contributed by atoms with Crippen molar-refractivity contribution in [3.63, 3.8) is 0 Å². The standard InChI is InChI=1S/C14H16N2O4/c1-4-5-6-7-10(18)16-14-12(13(15)19)11(8(2)17)9(3)20-14/h4-7H,1-3H3,(H2,15,19)(H,16,18)/b5-4+,7-6+. The van der Waals surface area contributed by atoms with Gasteiger partial charge in [0.05, 0.1) is 5.56 Å². The number of primary amides is 1. The number of nitrogens with two attached hydrogens (primary N) is 1. The van der Waals surface area contributed by atoms with Crippen molar-refractivity contribution in [2.45, 2.75) is 20.8 Å². The lowest BCUT2D eigenvalue weighted by Gasteiger charge is -2.00. The smallest absolute Gasteiger partial charge is 0.255 e. The van der Waals surface area contributed by atoms with Crippen molar-refractivity contribution >= 4 is 23.5 Å². The molecule has 0 spiro atoms. The third-order valence-corrected chi connectivity index (χ3v) is 2.47. The van der Waals surface area contributed by atoms with Gasteiger partial charge in [-0.1, -0.05) is 18.2 Å². The van der Waals surface area contributed by atoms with Gasteiger partial charge in [-0.3, -0.25) is 19.7 Å². The molecule has 0 atom stereocenters. The summed E-state index contributed by atoms with van der Waals surface area (Å²) in [5.74, 6) is -1.56. The molecule has 0 radical (unpaired) electrons. The van der Waals surface area contributed by atoms with E-state index in [9.17, 15) is 14.4 Å². The van der Waals surface area contributed by atoms with Gasteiger partial charge in [0, 0.05) is 6.08 Å². The second kappa shape index (κ2) is 6.51. The minimum atomic E-state index is -0.834. The molecule has 0 unspecified atom stereocenters. The van der Waals surface area contributed by atoms with Crippen molar-refractivity contribution in [1.82, 2.24) is 0 Å². The van der Waals surface area contributed by atoms with Crippen molar-refractivity contribution in [1.29, 1.82) is 0 Å². The third-order valence-electron chi connectivity index (χ3n) is 2.47. The largest absolute Gasteiger partial charge is 0.444 e. The number of furan rings is 1. The molecule has 1 aromatic heterocycles. The van der Waals surface area contributed by atoms with Gasteiger partial charge in [-0.05, 0) is 20.8 Å². The maximum atomic E-state index is 11.6. The molecule has 0 aliphatic rings. The number of anilines is 1. The van der Waals surface area contributed by atoms with Crippen LogP contribution in [0.2, 0.25) is 0 Å². The minimum Gasteiger partial charge on any atom is -0.444 e. The van der Waals surface area contributed by atoms with E-state index in [2.05, 4.69) is 5.32 Å². The Morgan fingerprint density at radius 1 is 1.20 bits per heavy atom. The number of nitrogens with one attached hydrogen (secondary N) is 1. The third kappa shape index (κ3) is 3.44. The van der Waals surface area contributed by atoms with Crippen LogP contribution < -0.4 is 11.1 Å². The zero-order valence-electron chi connectivity index (χ0n) is 11.5. The molecule has 0 fully saturated rings. The summed E-state index contributed by atoms with van der Waals surface area (Å²) in [7, 11) is 0. The summed E-state index contributed by atoms with van der Waals surface area (Å²) in [5.41, 5.74) is 5.21. The number of hydrogen-bond acceptors (Lipinski definition) is 4. The van der Waals surface area contributed by atoms with Gasteiger partial charge in [0.15, 0.2) is 5.78 Å². The van der Waals surface area contributed by atoms with E-state index >= 15 is 0 Å². The average Bonchev–Trinajstić information content (AvgIpc) is 2.66. The number of ketones is 1. The molecule has 6 heteroatoms. The Morgan fingerprint density at radius 2 is 1.85 bits per heavy atom. The summed E-state index contributed by atoms with van der Waals surface area (Å²) >= 11 is 0. The molecule has 0 saturated heterocycles. The predicted molar refractivity (Wildman–Crippen MR) is 74.6 cm³/mol. The number of carbonyl (C=O) groups is 3. The Balaban J connectivity index is 3.13. The summed E-state index contributed by atoms with van der Waals surface area (Å²) < 4.78 is 5.24. The monoisotopic (exact) mass is 276 g/mol. The predicted octanol–water partition coefficient (Wildman–Crippen LogP) is 1.96. The fraction of sp³-hybridized carbons (Fsp3) is 0.214. The quantitative estimate of drug-likeness (QED) is 0.487. The van der Waals surface area contributed by atoms with E-state index in [4.69, 9.17) is 10.2 Å². The first-order chi connectivity index (χ1) is 9.38. The first-order valence-corrected chi connectivity index (χ1v) is 5.93. The highest BCUT2D eigenvalue weighted by Gasteiger charge is 2.25. The summed E-state index contributed by atoms with van der Waals surface area (Å²) in [5, 5.41) is 2.39. The van der Waals surface area contributed by atoms with Crippen molar-refractivity contribution in [3.05, 3.63) is 41.2 Å². The Kier molecular flexibility index (Phi) is 5.02. The van der Waals surface area contributed by atoms with E-state index in [1.165, 1.54) is 26.0 Å². The van der Waals surface area contributed by atoms with Crippen LogP contribution in [0.1, 0.15) is 40.3 Å². The van der Waals surface area contributed by atoms with E-state index in [1.807, 2.05) is 6.92 Å². The molecule has 3 N–H and O–H groups in total. The normalized spacial score (nSPS) is 11.2. The first kappa shape index (κ1) is 15.4. The Morgan fingerprint density at radius 3 is 2.35 bits per heavy atom. The Bertz CT molecular complexity index is 609. The fourth-order valence-electron chi connectivity index (χ4n) is 1.70. The number of amides is 2. The van der Waals surface area contributed by atoms with Crippen LogP contribution in [0.3, 0.4) is 0 Å². The SMILES string of the molecule is C/C=C/C=C/C(=O)Nc1oc(C)c(C(C)=O)c1C(N)=O. The summed E-state index contributed by atoms with van der Waals surface area (Å²) in [4.78, 5) is 34.6. The zero-order valence-corrected chi connectivity index (χ0v) is 11.5. The zero-order chi connectivity index (χ0) is 15.3. The molecule has 2 amide bonds. The second-order valence-electron chi connectivity index (χ2n) is 4.03. The molecule has 1 rings (SSSR count). The maximum absolute atomic E-state index is 11.6. The van der Waals surface area contributed by atoms with Crippen LogP contribution in [0.25, 0.3) is 0 Å². The maximum Gasteiger partial charge on any atom is 0.255 e. The molecule has 0 aliphatic carbocycles. The van der Waals surface area contributed by atoms with Crippen LogP contribution >= 0.6 is 0 Å². The Labute approximate surface area is 116 Å². The summed E-state index contributed by atoms with van der Waals surface area (Å²) in [6.45, 7) is 4.62. The fourth-order valence-corrected chi connectivity index (χ4v) is 1.70. The molecular formula is C14H16N2O4. The van der Waals surface area contributed by atoms with Gasteiger partial charge < -0.3 is 10.2 Å². The van der Waals surface area contributed by atoms with Crippen LogP contribution in [0.4, 0.5) is 5.88 Å². The van der Waals surface area contributed by atoms with Crippen LogP contribution in [0.15, 0.2) is 28.7 Å². The molecule has 0 aliphatic heterocycles. The highest BCUT2D eigenvalue weighted by Crippen LogP contribution is 2.27. The van der Waals surface area contributed by atoms with Crippen LogP contribution in [-0.4, -0.2) is 17.6 Å². The minimum absolute atomic E-state index is 0.0882. The van der Waals surface area contributed by atoms with Crippen molar-refractivity contribution < 1.29 is 18.8 Å². The van der Waals surface area contributed by atoms with Crippen LogP contribution in [0, 0.1) is 6.92 Å². The van der Waals surface area contributed by atoms with E-state index < -0.39 is 11.8 Å². The first-order valence-electron chi connectivity index (χ1n) is 5.93. The lowest BCUT2D eigenvalue weighted by molar-refractivity contribution is -0.112. The highest BCUT2D eigenvalue weighted by atomic mass is 16.4. The second-order valence-corrected chi connectivity index (χ2v) is 4.03. The van der Waals surface area contributed by atoms with Crippen molar-refractivity contribution in [3.8, 4) is 0 Å². The number of hydrogen-bond donors (Lipinski definition) is 2. The van der Waals surface area contributed by atoms with Gasteiger partial charge in [-0.25, -0.2) is 0 Å². The number of aryl methyl sites for hydroxylation is 1. The van der Waals surface area contributed by atoms with Crippen LogP contribution in [-0.2, 0) is 4.79 Å². The average molecular weight is 276 g/mol. The number of Topliss-reactive ketones (excluding diaryl/α,β-unsaturated/α-hetero) is 1. The van der Waals surface area contributed by atoms with Crippen LogP contribution in [0.5, 0.6) is 0 Å². The molecule has 0 bridgehead atoms. The summed E-state index contributed by atoms with van der Waals surface area (Å²) in [6, 6.07) is 0. The van der Waals surface area contributed by atoms with Gasteiger partial charge in [0.1, 0.15) is 11.3 Å². The number of carbonyl (C=O) groups excluding carboxylic acids is 3. The number of rotatable bonds is 5. The Hall–Kier alpha value is -2.63. The van der Waals surface area contributed by atoms with E-state index in [-0.39, 0.29) is 28.6 Å². The van der Waals surface area contributed by atoms with E-state index in [1.54, 1.807) is 12.2 Å². The molecule has 106 valence electrons. The van der Waals surface area contributed by atoms with Gasteiger partial charge in [0.25, 0.3) is 11.8 Å². The molecular weight excluding hydrogens is 260 g/mol. The van der Waals surface area contributed by atoms with Gasteiger partial charge in [0.2, 0.25) is 5.88 Å². The van der Waals surface area contributed by atoms with Gasteiger partial charge in [-0.15, -0.1) is 0 Å². The van der Waals surface area contributed by atoms with Gasteiger partial charge in [-0.2, -0.15) is 0 Å². The molecule has 0 saturated carbocycles. The van der Waals surface area contributed by atoms with E-state index in [0.29, 0.717) is 0 Å². The molecule has 1 heterocycles. The summed E-state index contributed by atoms with van der Waals surface area (Å²) in [6.07, 6.45) is 6.21. The lowest BCUT2D eigenvalue weighted by atomic mass is 10.1.